The number of carbonyl (C=O) groups excluding carboxylic acids is 1. The summed E-state index contributed by atoms with van der Waals surface area (Å²) in [5, 5.41) is 13.5. The van der Waals surface area contributed by atoms with Gasteiger partial charge in [0.05, 0.1) is 6.04 Å². The van der Waals surface area contributed by atoms with Crippen LogP contribution in [0.5, 0.6) is 0 Å². The van der Waals surface area contributed by atoms with Gasteiger partial charge in [-0.15, -0.1) is 10.2 Å². The number of nitrogens with zero attached hydrogens (tertiary/aromatic N) is 5. The fourth-order valence-electron chi connectivity index (χ4n) is 3.01. The highest BCUT2D eigenvalue weighted by atomic mass is 16.2. The fourth-order valence-corrected chi connectivity index (χ4v) is 3.01. The molecule has 2 amide bonds. The molecule has 3 heterocycles. The number of carbonyl (C=O) groups is 1. The molecule has 0 bridgehead atoms. The number of pyridine rings is 1. The van der Waals surface area contributed by atoms with Gasteiger partial charge in [0.25, 0.3) is 0 Å². The van der Waals surface area contributed by atoms with Crippen LogP contribution in [0.2, 0.25) is 0 Å². The van der Waals surface area contributed by atoms with Gasteiger partial charge in [0, 0.05) is 32.9 Å². The van der Waals surface area contributed by atoms with Gasteiger partial charge in [0.1, 0.15) is 12.1 Å². The minimum absolute atomic E-state index is 0.216. The summed E-state index contributed by atoms with van der Waals surface area (Å²) in [6.45, 7) is 4.46. The summed E-state index contributed by atoms with van der Waals surface area (Å²) in [5.41, 5.74) is 0.974. The third kappa shape index (κ3) is 4.46. The summed E-state index contributed by atoms with van der Waals surface area (Å²) in [6.07, 6.45) is 7.21. The molecule has 2 N–H and O–H groups in total. The Bertz CT molecular complexity index is 691. The predicted molar refractivity (Wildman–Crippen MR) is 95.1 cm³/mol. The van der Waals surface area contributed by atoms with Crippen LogP contribution in [-0.4, -0.2) is 38.9 Å². The smallest absolute Gasteiger partial charge is 0.315 e. The Morgan fingerprint density at radius 3 is 2.72 bits per heavy atom. The van der Waals surface area contributed by atoms with Crippen molar-refractivity contribution in [1.82, 2.24) is 30.4 Å². The molecule has 1 fully saturated rings. The number of urea groups is 1. The normalized spacial score (nSPS) is 15.7. The zero-order valence-corrected chi connectivity index (χ0v) is 14.8. The number of hydrogen-bond acceptors (Lipinski definition) is 5. The summed E-state index contributed by atoms with van der Waals surface area (Å²) in [7, 11) is 1.85. The molecule has 1 saturated heterocycles. The second-order valence-corrected chi connectivity index (χ2v) is 6.42. The minimum Gasteiger partial charge on any atom is -0.357 e. The van der Waals surface area contributed by atoms with Crippen molar-refractivity contribution in [1.29, 1.82) is 0 Å². The Hall–Kier alpha value is -2.64. The van der Waals surface area contributed by atoms with Crippen molar-refractivity contribution in [3.8, 4) is 0 Å². The number of aromatic nitrogens is 4. The van der Waals surface area contributed by atoms with Crippen molar-refractivity contribution in [2.45, 2.75) is 38.8 Å². The maximum Gasteiger partial charge on any atom is 0.315 e. The molecule has 3 rings (SSSR count). The van der Waals surface area contributed by atoms with Crippen LogP contribution in [0.4, 0.5) is 10.6 Å². The Kier molecular flexibility index (Phi) is 5.47. The summed E-state index contributed by atoms with van der Waals surface area (Å²) in [4.78, 5) is 18.9. The van der Waals surface area contributed by atoms with Gasteiger partial charge in [-0.25, -0.2) is 9.78 Å². The number of nitrogens with one attached hydrogen (secondary N) is 2. The van der Waals surface area contributed by atoms with Gasteiger partial charge in [0.2, 0.25) is 0 Å². The molecule has 1 aliphatic heterocycles. The van der Waals surface area contributed by atoms with Gasteiger partial charge in [-0.05, 0) is 37.8 Å². The zero-order chi connectivity index (χ0) is 17.6. The van der Waals surface area contributed by atoms with Crippen molar-refractivity contribution >= 4 is 11.8 Å². The molecule has 1 atom stereocenters. The maximum absolute atomic E-state index is 12.0. The van der Waals surface area contributed by atoms with Crippen LogP contribution in [-0.2, 0) is 13.6 Å². The van der Waals surface area contributed by atoms with Gasteiger partial charge < -0.3 is 20.1 Å². The first-order chi connectivity index (χ1) is 12.1. The second kappa shape index (κ2) is 7.96. The van der Waals surface area contributed by atoms with Crippen LogP contribution >= 0.6 is 0 Å². The lowest BCUT2D eigenvalue weighted by Gasteiger charge is -2.27. The number of amides is 2. The molecule has 0 saturated carbocycles. The van der Waals surface area contributed by atoms with E-state index in [2.05, 4.69) is 30.7 Å². The van der Waals surface area contributed by atoms with Crippen molar-refractivity contribution in [3.05, 3.63) is 36.0 Å². The number of rotatable bonds is 5. The van der Waals surface area contributed by atoms with E-state index in [0.717, 1.165) is 24.5 Å². The molecule has 8 heteroatoms. The first kappa shape index (κ1) is 17.2. The van der Waals surface area contributed by atoms with E-state index < -0.39 is 0 Å². The third-order valence-electron chi connectivity index (χ3n) is 4.42. The zero-order valence-electron chi connectivity index (χ0n) is 14.8. The van der Waals surface area contributed by atoms with E-state index in [0.29, 0.717) is 12.4 Å². The lowest BCUT2D eigenvalue weighted by Crippen LogP contribution is -2.37. The Labute approximate surface area is 147 Å². The molecule has 2 aromatic heterocycles. The standard InChI is InChI=1S/C17H25N7O/c1-13(16-22-20-12-23(16)2)21-17(25)19-11-14-6-7-15(18-10-14)24-8-4-3-5-9-24/h6-7,10,12-13H,3-5,8-9,11H2,1-2H3,(H2,19,21,25)/t13-/m0/s1. The Morgan fingerprint density at radius 2 is 2.08 bits per heavy atom. The van der Waals surface area contributed by atoms with Crippen molar-refractivity contribution in [2.75, 3.05) is 18.0 Å². The number of piperidine rings is 1. The SMILES string of the molecule is C[C@H](NC(=O)NCc1ccc(N2CCCCC2)nc1)c1nncn1C. The van der Waals surface area contributed by atoms with Crippen LogP contribution in [0, 0.1) is 0 Å². The third-order valence-corrected chi connectivity index (χ3v) is 4.42. The van der Waals surface area contributed by atoms with Gasteiger partial charge in [-0.2, -0.15) is 0 Å². The Morgan fingerprint density at radius 1 is 1.28 bits per heavy atom. The molecule has 0 aromatic carbocycles. The number of aryl methyl sites for hydroxylation is 1. The fraction of sp³-hybridized carbons (Fsp3) is 0.529. The minimum atomic E-state index is -0.240. The highest BCUT2D eigenvalue weighted by molar-refractivity contribution is 5.74. The first-order valence-electron chi connectivity index (χ1n) is 8.71. The van der Waals surface area contributed by atoms with Gasteiger partial charge in [0.15, 0.2) is 5.82 Å². The van der Waals surface area contributed by atoms with E-state index in [4.69, 9.17) is 0 Å². The molecule has 25 heavy (non-hydrogen) atoms. The highest BCUT2D eigenvalue weighted by Gasteiger charge is 2.14. The quantitative estimate of drug-likeness (QED) is 0.864. The molecule has 1 aliphatic rings. The highest BCUT2D eigenvalue weighted by Crippen LogP contribution is 2.17. The molecular formula is C17H25N7O. The largest absolute Gasteiger partial charge is 0.357 e. The van der Waals surface area contributed by atoms with Gasteiger partial charge >= 0.3 is 6.03 Å². The van der Waals surface area contributed by atoms with E-state index in [9.17, 15) is 4.79 Å². The molecule has 0 radical (unpaired) electrons. The van der Waals surface area contributed by atoms with Crippen molar-refractivity contribution < 1.29 is 4.79 Å². The average Bonchev–Trinajstić information content (AvgIpc) is 3.07. The lowest BCUT2D eigenvalue weighted by molar-refractivity contribution is 0.237. The molecule has 8 nitrogen and oxygen atoms in total. The maximum atomic E-state index is 12.0. The second-order valence-electron chi connectivity index (χ2n) is 6.42. The van der Waals surface area contributed by atoms with Gasteiger partial charge in [-0.1, -0.05) is 6.07 Å². The topological polar surface area (TPSA) is 88.0 Å². The van der Waals surface area contributed by atoms with E-state index in [1.807, 2.05) is 32.3 Å². The molecule has 0 aliphatic carbocycles. The summed E-state index contributed by atoms with van der Waals surface area (Å²) >= 11 is 0. The molecule has 134 valence electrons. The van der Waals surface area contributed by atoms with Crippen molar-refractivity contribution in [2.24, 2.45) is 7.05 Å². The summed E-state index contributed by atoms with van der Waals surface area (Å²) in [6, 6.07) is 3.59. The van der Waals surface area contributed by atoms with Crippen LogP contribution in [0.15, 0.2) is 24.7 Å². The number of anilines is 1. The Balaban J connectivity index is 1.47. The first-order valence-corrected chi connectivity index (χ1v) is 8.71. The molecule has 0 unspecified atom stereocenters. The van der Waals surface area contributed by atoms with Crippen molar-refractivity contribution in [3.63, 3.8) is 0 Å². The van der Waals surface area contributed by atoms with E-state index in [1.54, 1.807) is 10.9 Å². The lowest BCUT2D eigenvalue weighted by atomic mass is 10.1. The van der Waals surface area contributed by atoms with Crippen LogP contribution in [0.3, 0.4) is 0 Å². The summed E-state index contributed by atoms with van der Waals surface area (Å²) in [5.74, 6) is 1.73. The average molecular weight is 343 g/mol. The van der Waals surface area contributed by atoms with Crippen LogP contribution in [0.25, 0.3) is 0 Å². The number of hydrogen-bond donors (Lipinski definition) is 2. The molecule has 2 aromatic rings. The molecular weight excluding hydrogens is 318 g/mol. The van der Waals surface area contributed by atoms with E-state index in [-0.39, 0.29) is 12.1 Å². The molecule has 0 spiro atoms. The summed E-state index contributed by atoms with van der Waals surface area (Å²) < 4.78 is 1.79. The van der Waals surface area contributed by atoms with Crippen LogP contribution < -0.4 is 15.5 Å². The van der Waals surface area contributed by atoms with E-state index in [1.165, 1.54) is 19.3 Å². The van der Waals surface area contributed by atoms with Crippen LogP contribution in [0.1, 0.15) is 43.6 Å². The van der Waals surface area contributed by atoms with Gasteiger partial charge in [-0.3, -0.25) is 0 Å². The monoisotopic (exact) mass is 343 g/mol. The van der Waals surface area contributed by atoms with E-state index >= 15 is 0 Å². The predicted octanol–water partition coefficient (Wildman–Crippen LogP) is 1.76.